The van der Waals surface area contributed by atoms with Gasteiger partial charge in [0, 0.05) is 7.11 Å². The van der Waals surface area contributed by atoms with Crippen LogP contribution in [0.2, 0.25) is 0 Å². The van der Waals surface area contributed by atoms with Crippen molar-refractivity contribution in [3.05, 3.63) is 0 Å². The second kappa shape index (κ2) is 1.83. The zero-order chi connectivity index (χ0) is 4.62. The molecular weight excluding hydrogens is 88.1 g/mol. The van der Waals surface area contributed by atoms with E-state index in [9.17, 15) is 0 Å². The van der Waals surface area contributed by atoms with Crippen molar-refractivity contribution in [2.45, 2.75) is 32.8 Å². The molecule has 0 atom stereocenters. The van der Waals surface area contributed by atoms with Crippen LogP contribution in [-0.4, -0.2) is 12.7 Å². The molecule has 0 aromatic heterocycles. The number of hydrogen-bond donors (Lipinski definition) is 0. The fourth-order valence-electron chi connectivity index (χ4n) is 0.380. The third-order valence-electron chi connectivity index (χ3n) is 1.45. The lowest BCUT2D eigenvalue weighted by molar-refractivity contribution is 0.0969. The monoisotopic (exact) mass is 102 g/mol. The van der Waals surface area contributed by atoms with Crippen molar-refractivity contribution in [1.29, 1.82) is 0 Å². The van der Waals surface area contributed by atoms with Crippen LogP contribution >= 0.6 is 0 Å². The van der Waals surface area contributed by atoms with Crippen LogP contribution in [0.15, 0.2) is 0 Å². The first-order chi connectivity index (χ1) is 2.77. The Hall–Kier alpha value is -0.0400. The summed E-state index contributed by atoms with van der Waals surface area (Å²) >= 11 is 0. The van der Waals surface area contributed by atoms with E-state index in [-0.39, 0.29) is 7.43 Å². The average molecular weight is 102 g/mol. The van der Waals surface area contributed by atoms with Gasteiger partial charge in [-0.25, -0.2) is 0 Å². The molecule has 1 aliphatic rings. The molecule has 1 aliphatic carbocycles. The van der Waals surface area contributed by atoms with Crippen LogP contribution in [0.1, 0.15) is 27.2 Å². The van der Waals surface area contributed by atoms with Gasteiger partial charge in [0.1, 0.15) is 0 Å². The van der Waals surface area contributed by atoms with Gasteiger partial charge < -0.3 is 4.74 Å². The van der Waals surface area contributed by atoms with E-state index in [0.717, 1.165) is 0 Å². The molecule has 0 aliphatic heterocycles. The Kier molecular flexibility index (Phi) is 1.82. The van der Waals surface area contributed by atoms with Gasteiger partial charge in [0.15, 0.2) is 0 Å². The summed E-state index contributed by atoms with van der Waals surface area (Å²) in [5, 5.41) is 0. The molecule has 0 unspecified atom stereocenters. The molecule has 0 amide bonds. The van der Waals surface area contributed by atoms with Crippen LogP contribution in [0.5, 0.6) is 0 Å². The van der Waals surface area contributed by atoms with Crippen molar-refractivity contribution in [3.8, 4) is 0 Å². The number of hydrogen-bond acceptors (Lipinski definition) is 1. The van der Waals surface area contributed by atoms with Crippen LogP contribution in [-0.2, 0) is 4.74 Å². The molecule has 1 nitrogen and oxygen atoms in total. The fraction of sp³-hybridized carbons (Fsp3) is 1.00. The van der Waals surface area contributed by atoms with E-state index in [1.807, 2.05) is 0 Å². The van der Waals surface area contributed by atoms with Crippen LogP contribution in [0.4, 0.5) is 0 Å². The first kappa shape index (κ1) is 6.96. The van der Waals surface area contributed by atoms with Crippen LogP contribution < -0.4 is 0 Å². The van der Waals surface area contributed by atoms with E-state index in [2.05, 4.69) is 6.92 Å². The standard InChI is InChI=1S/C5H10O.CH4/c1-5(6-2)3-4-5;/h3-4H2,1-2H3;1H4. The first-order valence-electron chi connectivity index (χ1n) is 2.32. The minimum atomic E-state index is 0. The third kappa shape index (κ3) is 1.48. The Labute approximate surface area is 45.7 Å². The second-order valence-corrected chi connectivity index (χ2v) is 2.15. The van der Waals surface area contributed by atoms with Crippen molar-refractivity contribution >= 4 is 0 Å². The molecule has 44 valence electrons. The molecular formula is C6H14O. The number of ether oxygens (including phenoxy) is 1. The normalized spacial score (nSPS) is 23.1. The summed E-state index contributed by atoms with van der Waals surface area (Å²) in [5.41, 5.74) is 0.292. The highest BCUT2D eigenvalue weighted by atomic mass is 16.5. The summed E-state index contributed by atoms with van der Waals surface area (Å²) in [7, 11) is 1.77. The second-order valence-electron chi connectivity index (χ2n) is 2.15. The topological polar surface area (TPSA) is 9.23 Å². The average Bonchev–Trinajstić information content (AvgIpc) is 2.22. The van der Waals surface area contributed by atoms with Gasteiger partial charge >= 0.3 is 0 Å². The van der Waals surface area contributed by atoms with Gasteiger partial charge in [-0.3, -0.25) is 0 Å². The summed E-state index contributed by atoms with van der Waals surface area (Å²) in [4.78, 5) is 0. The fourth-order valence-corrected chi connectivity index (χ4v) is 0.380. The minimum absolute atomic E-state index is 0. The van der Waals surface area contributed by atoms with E-state index in [0.29, 0.717) is 5.60 Å². The summed E-state index contributed by atoms with van der Waals surface area (Å²) in [5.74, 6) is 0. The molecule has 0 spiro atoms. The predicted molar refractivity (Wildman–Crippen MR) is 31.4 cm³/mol. The zero-order valence-corrected chi connectivity index (χ0v) is 4.32. The van der Waals surface area contributed by atoms with E-state index < -0.39 is 0 Å². The molecule has 1 rings (SSSR count). The van der Waals surface area contributed by atoms with E-state index >= 15 is 0 Å². The van der Waals surface area contributed by atoms with Crippen LogP contribution in [0.25, 0.3) is 0 Å². The Balaban J connectivity index is 0.000000360. The maximum atomic E-state index is 5.05. The van der Waals surface area contributed by atoms with Crippen molar-refractivity contribution in [3.63, 3.8) is 0 Å². The molecule has 0 aromatic carbocycles. The van der Waals surface area contributed by atoms with Crippen molar-refractivity contribution in [2.75, 3.05) is 7.11 Å². The van der Waals surface area contributed by atoms with Crippen LogP contribution in [0, 0.1) is 0 Å². The van der Waals surface area contributed by atoms with E-state index in [1.54, 1.807) is 7.11 Å². The molecule has 0 saturated heterocycles. The predicted octanol–water partition coefficient (Wildman–Crippen LogP) is 1.82. The Bertz CT molecular complexity index is 55.2. The van der Waals surface area contributed by atoms with Crippen molar-refractivity contribution in [2.24, 2.45) is 0 Å². The lowest BCUT2D eigenvalue weighted by atomic mass is 10.4. The lowest BCUT2D eigenvalue weighted by Gasteiger charge is -2.00. The number of rotatable bonds is 1. The molecule has 1 fully saturated rings. The highest BCUT2D eigenvalue weighted by Crippen LogP contribution is 2.37. The van der Waals surface area contributed by atoms with E-state index in [4.69, 9.17) is 4.74 Å². The smallest absolute Gasteiger partial charge is 0.0652 e. The van der Waals surface area contributed by atoms with Gasteiger partial charge in [0.05, 0.1) is 5.60 Å². The number of methoxy groups -OCH3 is 1. The van der Waals surface area contributed by atoms with Gasteiger partial charge in [-0.15, -0.1) is 0 Å². The molecule has 1 saturated carbocycles. The molecule has 1 heteroatoms. The maximum Gasteiger partial charge on any atom is 0.0652 e. The largest absolute Gasteiger partial charge is 0.379 e. The minimum Gasteiger partial charge on any atom is -0.379 e. The maximum absolute atomic E-state index is 5.05. The zero-order valence-electron chi connectivity index (χ0n) is 4.32. The summed E-state index contributed by atoms with van der Waals surface area (Å²) < 4.78 is 5.05. The molecule has 0 radical (unpaired) electrons. The SMILES string of the molecule is C.COC1(C)CC1. The quantitative estimate of drug-likeness (QED) is 0.490. The van der Waals surface area contributed by atoms with Gasteiger partial charge in [0.2, 0.25) is 0 Å². The lowest BCUT2D eigenvalue weighted by Crippen LogP contribution is -2.02. The van der Waals surface area contributed by atoms with Gasteiger partial charge in [-0.05, 0) is 19.8 Å². The highest BCUT2D eigenvalue weighted by Gasteiger charge is 2.36. The first-order valence-corrected chi connectivity index (χ1v) is 2.32. The van der Waals surface area contributed by atoms with E-state index in [1.165, 1.54) is 12.8 Å². The third-order valence-corrected chi connectivity index (χ3v) is 1.45. The summed E-state index contributed by atoms with van der Waals surface area (Å²) in [6.07, 6.45) is 2.51. The molecule has 0 N–H and O–H groups in total. The van der Waals surface area contributed by atoms with Gasteiger partial charge in [-0.1, -0.05) is 7.43 Å². The highest BCUT2D eigenvalue weighted by molar-refractivity contribution is 4.89. The molecule has 7 heavy (non-hydrogen) atoms. The summed E-state index contributed by atoms with van der Waals surface area (Å²) in [6.45, 7) is 2.13. The van der Waals surface area contributed by atoms with Crippen molar-refractivity contribution in [1.82, 2.24) is 0 Å². The van der Waals surface area contributed by atoms with Crippen LogP contribution in [0.3, 0.4) is 0 Å². The summed E-state index contributed by atoms with van der Waals surface area (Å²) in [6, 6.07) is 0. The van der Waals surface area contributed by atoms with Gasteiger partial charge in [0.25, 0.3) is 0 Å². The Morgan fingerprint density at radius 1 is 1.43 bits per heavy atom. The molecule has 0 bridgehead atoms. The Morgan fingerprint density at radius 2 is 1.86 bits per heavy atom. The van der Waals surface area contributed by atoms with Gasteiger partial charge in [-0.2, -0.15) is 0 Å². The molecule has 0 aromatic rings. The Morgan fingerprint density at radius 3 is 1.86 bits per heavy atom. The van der Waals surface area contributed by atoms with Crippen molar-refractivity contribution < 1.29 is 4.74 Å². The molecule has 0 heterocycles.